The molecule has 1 aliphatic rings. The Balaban J connectivity index is 1.55. The van der Waals surface area contributed by atoms with E-state index in [0.29, 0.717) is 35.1 Å². The van der Waals surface area contributed by atoms with Crippen molar-refractivity contribution in [2.45, 2.75) is 13.0 Å². The van der Waals surface area contributed by atoms with Crippen molar-refractivity contribution < 1.29 is 28.5 Å². The van der Waals surface area contributed by atoms with Crippen LogP contribution in [0.3, 0.4) is 0 Å². The summed E-state index contributed by atoms with van der Waals surface area (Å²) in [6, 6.07) is 9.28. The highest BCUT2D eigenvalue weighted by Crippen LogP contribution is 2.37. The zero-order chi connectivity index (χ0) is 22.4. The third-order valence-electron chi connectivity index (χ3n) is 5.25. The summed E-state index contributed by atoms with van der Waals surface area (Å²) in [4.78, 5) is 16.8. The third kappa shape index (κ3) is 5.14. The Morgan fingerprint density at radius 3 is 2.26 bits per heavy atom. The SMILES string of the molecule is COc1ccc(CN(C)CCCN2COc3cc(OC)c(OC)cc3C2=O)cc1OC. The van der Waals surface area contributed by atoms with E-state index in [1.165, 1.54) is 0 Å². The molecule has 2 aromatic rings. The van der Waals surface area contributed by atoms with Gasteiger partial charge in [-0.25, -0.2) is 0 Å². The number of methoxy groups -OCH3 is 4. The van der Waals surface area contributed by atoms with E-state index in [2.05, 4.69) is 11.9 Å². The number of fused-ring (bicyclic) bond motifs is 1. The van der Waals surface area contributed by atoms with Gasteiger partial charge in [0.15, 0.2) is 29.7 Å². The van der Waals surface area contributed by atoms with E-state index in [-0.39, 0.29) is 12.6 Å². The molecule has 1 amide bonds. The summed E-state index contributed by atoms with van der Waals surface area (Å²) in [5, 5.41) is 0. The minimum atomic E-state index is -0.0650. The van der Waals surface area contributed by atoms with Crippen LogP contribution in [-0.4, -0.2) is 71.0 Å². The molecule has 8 heteroatoms. The molecule has 0 bridgehead atoms. The Kier molecular flexibility index (Phi) is 7.46. The minimum absolute atomic E-state index is 0.0650. The highest BCUT2D eigenvalue weighted by atomic mass is 16.5. The van der Waals surface area contributed by atoms with Crippen molar-refractivity contribution in [1.29, 1.82) is 0 Å². The summed E-state index contributed by atoms with van der Waals surface area (Å²) >= 11 is 0. The van der Waals surface area contributed by atoms with Gasteiger partial charge in [-0.05, 0) is 37.7 Å². The first-order chi connectivity index (χ1) is 15.0. The van der Waals surface area contributed by atoms with Crippen LogP contribution in [-0.2, 0) is 6.54 Å². The van der Waals surface area contributed by atoms with Crippen LogP contribution in [0.4, 0.5) is 0 Å². The van der Waals surface area contributed by atoms with Crippen LogP contribution in [0.5, 0.6) is 28.7 Å². The van der Waals surface area contributed by atoms with Crippen molar-refractivity contribution in [3.05, 3.63) is 41.5 Å². The number of benzene rings is 2. The normalized spacial score (nSPS) is 13.0. The highest BCUT2D eigenvalue weighted by Gasteiger charge is 2.27. The van der Waals surface area contributed by atoms with Gasteiger partial charge in [0, 0.05) is 25.2 Å². The Labute approximate surface area is 183 Å². The second-order valence-electron chi connectivity index (χ2n) is 7.33. The summed E-state index contributed by atoms with van der Waals surface area (Å²) in [5.41, 5.74) is 1.62. The zero-order valence-corrected chi connectivity index (χ0v) is 18.8. The van der Waals surface area contributed by atoms with Gasteiger partial charge in [0.2, 0.25) is 0 Å². The molecule has 0 aromatic heterocycles. The van der Waals surface area contributed by atoms with Gasteiger partial charge < -0.3 is 33.5 Å². The molecule has 0 N–H and O–H groups in total. The molecule has 31 heavy (non-hydrogen) atoms. The predicted octanol–water partition coefficient (Wildman–Crippen LogP) is 3.04. The van der Waals surface area contributed by atoms with Crippen molar-refractivity contribution in [3.63, 3.8) is 0 Å². The summed E-state index contributed by atoms with van der Waals surface area (Å²) < 4.78 is 27.0. The summed E-state index contributed by atoms with van der Waals surface area (Å²) in [6.07, 6.45) is 0.821. The largest absolute Gasteiger partial charge is 0.493 e. The van der Waals surface area contributed by atoms with Crippen molar-refractivity contribution >= 4 is 5.91 Å². The second-order valence-corrected chi connectivity index (χ2v) is 7.33. The van der Waals surface area contributed by atoms with E-state index in [4.69, 9.17) is 23.7 Å². The summed E-state index contributed by atoms with van der Waals surface area (Å²) in [5.74, 6) is 2.94. The van der Waals surface area contributed by atoms with Crippen LogP contribution in [0.25, 0.3) is 0 Å². The number of hydrogen-bond acceptors (Lipinski definition) is 7. The maximum absolute atomic E-state index is 12.9. The first-order valence-electron chi connectivity index (χ1n) is 10.1. The number of carbonyl (C=O) groups excluding carboxylic acids is 1. The molecular weight excluding hydrogens is 400 g/mol. The predicted molar refractivity (Wildman–Crippen MR) is 117 cm³/mol. The number of nitrogens with zero attached hydrogens (tertiary/aromatic N) is 2. The topological polar surface area (TPSA) is 69.7 Å². The molecule has 1 heterocycles. The zero-order valence-electron chi connectivity index (χ0n) is 18.8. The fourth-order valence-corrected chi connectivity index (χ4v) is 3.59. The van der Waals surface area contributed by atoms with Crippen molar-refractivity contribution in [3.8, 4) is 28.7 Å². The molecule has 0 atom stereocenters. The lowest BCUT2D eigenvalue weighted by molar-refractivity contribution is 0.0509. The molecule has 0 fully saturated rings. The minimum Gasteiger partial charge on any atom is -0.493 e. The van der Waals surface area contributed by atoms with Gasteiger partial charge in [-0.3, -0.25) is 4.79 Å². The molecule has 168 valence electrons. The third-order valence-corrected chi connectivity index (χ3v) is 5.25. The molecule has 0 unspecified atom stereocenters. The number of amides is 1. The van der Waals surface area contributed by atoms with E-state index in [1.807, 2.05) is 18.2 Å². The van der Waals surface area contributed by atoms with Crippen molar-refractivity contribution in [2.75, 3.05) is 55.3 Å². The van der Waals surface area contributed by atoms with Crippen LogP contribution < -0.4 is 23.7 Å². The van der Waals surface area contributed by atoms with Gasteiger partial charge >= 0.3 is 0 Å². The molecule has 8 nitrogen and oxygen atoms in total. The molecule has 2 aromatic carbocycles. The Hall–Kier alpha value is -3.13. The molecule has 0 saturated carbocycles. The Bertz CT molecular complexity index is 917. The van der Waals surface area contributed by atoms with Crippen LogP contribution in [0.2, 0.25) is 0 Å². The average molecular weight is 431 g/mol. The molecule has 1 aliphatic heterocycles. The van der Waals surface area contributed by atoms with Gasteiger partial charge in [-0.2, -0.15) is 0 Å². The first kappa shape index (κ1) is 22.6. The van der Waals surface area contributed by atoms with Gasteiger partial charge in [0.25, 0.3) is 5.91 Å². The van der Waals surface area contributed by atoms with Crippen molar-refractivity contribution in [1.82, 2.24) is 9.80 Å². The molecule has 0 radical (unpaired) electrons. The molecule has 0 spiro atoms. The number of rotatable bonds is 10. The maximum atomic E-state index is 12.9. The smallest absolute Gasteiger partial charge is 0.260 e. The lowest BCUT2D eigenvalue weighted by Crippen LogP contribution is -2.40. The lowest BCUT2D eigenvalue weighted by Gasteiger charge is -2.30. The molecule has 0 aliphatic carbocycles. The average Bonchev–Trinajstić information content (AvgIpc) is 2.79. The first-order valence-corrected chi connectivity index (χ1v) is 10.1. The second kappa shape index (κ2) is 10.3. The fourth-order valence-electron chi connectivity index (χ4n) is 3.59. The van der Waals surface area contributed by atoms with Gasteiger partial charge in [0.05, 0.1) is 34.0 Å². The monoisotopic (exact) mass is 430 g/mol. The number of carbonyl (C=O) groups is 1. The van der Waals surface area contributed by atoms with Gasteiger partial charge in [-0.15, -0.1) is 0 Å². The standard InChI is InChI=1S/C23H30N2O6/c1-24(14-16-7-8-18(27-2)20(11-16)28-3)9-6-10-25-15-31-19-13-22(30-5)21(29-4)12-17(19)23(25)26/h7-8,11-13H,6,9-10,14-15H2,1-5H3. The summed E-state index contributed by atoms with van der Waals surface area (Å²) in [6.45, 7) is 2.42. The quantitative estimate of drug-likeness (QED) is 0.574. The molecule has 0 saturated heterocycles. The number of ether oxygens (including phenoxy) is 5. The fraction of sp³-hybridized carbons (Fsp3) is 0.435. The van der Waals surface area contributed by atoms with E-state index in [0.717, 1.165) is 30.8 Å². The van der Waals surface area contributed by atoms with E-state index < -0.39 is 0 Å². The highest BCUT2D eigenvalue weighted by molar-refractivity contribution is 5.98. The van der Waals surface area contributed by atoms with Crippen molar-refractivity contribution in [2.24, 2.45) is 0 Å². The van der Waals surface area contributed by atoms with E-state index in [9.17, 15) is 4.79 Å². The van der Waals surface area contributed by atoms with E-state index >= 15 is 0 Å². The maximum Gasteiger partial charge on any atom is 0.260 e. The van der Waals surface area contributed by atoms with Crippen LogP contribution in [0, 0.1) is 0 Å². The van der Waals surface area contributed by atoms with Crippen LogP contribution in [0.1, 0.15) is 22.3 Å². The summed E-state index contributed by atoms with van der Waals surface area (Å²) in [7, 11) is 8.41. The molecule has 3 rings (SSSR count). The van der Waals surface area contributed by atoms with Gasteiger partial charge in [0.1, 0.15) is 5.75 Å². The Morgan fingerprint density at radius 1 is 0.935 bits per heavy atom. The lowest BCUT2D eigenvalue weighted by atomic mass is 10.1. The number of hydrogen-bond donors (Lipinski definition) is 0. The van der Waals surface area contributed by atoms with Gasteiger partial charge in [-0.1, -0.05) is 6.07 Å². The molecular formula is C23H30N2O6. The van der Waals surface area contributed by atoms with Crippen LogP contribution >= 0.6 is 0 Å². The van der Waals surface area contributed by atoms with E-state index in [1.54, 1.807) is 45.5 Å². The Morgan fingerprint density at radius 2 is 1.58 bits per heavy atom. The van der Waals surface area contributed by atoms with Crippen LogP contribution in [0.15, 0.2) is 30.3 Å².